The molecule has 1 aliphatic rings. The second-order valence-corrected chi connectivity index (χ2v) is 5.76. The Balaban J connectivity index is 1.95. The number of nitrogens with two attached hydrogens (primary N) is 1. The van der Waals surface area contributed by atoms with Crippen molar-refractivity contribution in [2.24, 2.45) is 11.7 Å². The van der Waals surface area contributed by atoms with Crippen molar-refractivity contribution in [2.45, 2.75) is 32.6 Å². The molecule has 0 bridgehead atoms. The first-order valence-corrected chi connectivity index (χ1v) is 8.02. The summed E-state index contributed by atoms with van der Waals surface area (Å²) >= 11 is 0. The average Bonchev–Trinajstić information content (AvgIpc) is 2.91. The van der Waals surface area contributed by atoms with Crippen LogP contribution in [0.2, 0.25) is 0 Å². The third-order valence-electron chi connectivity index (χ3n) is 3.96. The van der Waals surface area contributed by atoms with Crippen LogP contribution in [0.3, 0.4) is 0 Å². The highest BCUT2D eigenvalue weighted by molar-refractivity contribution is 6.00. The Morgan fingerprint density at radius 2 is 2.09 bits per heavy atom. The van der Waals surface area contributed by atoms with Gasteiger partial charge in [-0.05, 0) is 37.1 Å². The summed E-state index contributed by atoms with van der Waals surface area (Å²) < 4.78 is 0. The molecule has 1 fully saturated rings. The van der Waals surface area contributed by atoms with E-state index in [2.05, 4.69) is 24.4 Å². The third-order valence-corrected chi connectivity index (χ3v) is 3.96. The predicted molar refractivity (Wildman–Crippen MR) is 87.6 cm³/mol. The van der Waals surface area contributed by atoms with Gasteiger partial charge in [-0.25, -0.2) is 0 Å². The molecular formula is C17H25N3O2. The van der Waals surface area contributed by atoms with Gasteiger partial charge in [-0.15, -0.1) is 0 Å². The van der Waals surface area contributed by atoms with Crippen LogP contribution in [0.1, 0.15) is 31.7 Å². The lowest BCUT2D eigenvalue weighted by molar-refractivity contribution is -0.126. The number of hydrogen-bond acceptors (Lipinski definition) is 3. The molecule has 1 atom stereocenters. The van der Waals surface area contributed by atoms with E-state index in [4.69, 9.17) is 5.73 Å². The van der Waals surface area contributed by atoms with Crippen molar-refractivity contribution in [3.63, 3.8) is 0 Å². The fourth-order valence-electron chi connectivity index (χ4n) is 2.72. The third kappa shape index (κ3) is 4.07. The zero-order chi connectivity index (χ0) is 15.9. The molecule has 120 valence electrons. The van der Waals surface area contributed by atoms with Crippen LogP contribution in [0.4, 0.5) is 5.69 Å². The number of benzene rings is 1. The molecule has 1 unspecified atom stereocenters. The number of carbonyl (C=O) groups is 2. The number of nitrogens with zero attached hydrogens (tertiary/aromatic N) is 1. The first kappa shape index (κ1) is 16.5. The van der Waals surface area contributed by atoms with Gasteiger partial charge >= 0.3 is 0 Å². The molecule has 1 saturated heterocycles. The predicted octanol–water partition coefficient (Wildman–Crippen LogP) is 1.46. The van der Waals surface area contributed by atoms with Gasteiger partial charge in [0.1, 0.15) is 0 Å². The summed E-state index contributed by atoms with van der Waals surface area (Å²) in [7, 11) is 0. The number of nitrogens with one attached hydrogen (secondary N) is 1. The Kier molecular flexibility index (Phi) is 5.95. The van der Waals surface area contributed by atoms with Gasteiger partial charge in [0.2, 0.25) is 11.8 Å². The normalized spacial score (nSPS) is 17.8. The van der Waals surface area contributed by atoms with Crippen molar-refractivity contribution >= 4 is 17.5 Å². The van der Waals surface area contributed by atoms with Crippen LogP contribution in [0.25, 0.3) is 0 Å². The first-order chi connectivity index (χ1) is 10.7. The molecule has 2 amide bonds. The van der Waals surface area contributed by atoms with Gasteiger partial charge in [-0.1, -0.05) is 25.5 Å². The number of amides is 2. The number of hydrogen-bond donors (Lipinski definition) is 2. The van der Waals surface area contributed by atoms with Crippen molar-refractivity contribution in [1.29, 1.82) is 0 Å². The molecule has 1 aromatic rings. The summed E-state index contributed by atoms with van der Waals surface area (Å²) in [5.41, 5.74) is 7.56. The summed E-state index contributed by atoms with van der Waals surface area (Å²) in [4.78, 5) is 25.9. The monoisotopic (exact) mass is 303 g/mol. The summed E-state index contributed by atoms with van der Waals surface area (Å²) in [6, 6.07) is 8.05. The summed E-state index contributed by atoms with van der Waals surface area (Å²) in [5, 5.41) is 2.85. The van der Waals surface area contributed by atoms with E-state index in [1.54, 1.807) is 4.90 Å². The standard InChI is InChI=1S/C17H25N3O2/c1-2-4-13-5-7-15(8-6-13)20-12-14(11-16(20)21)17(22)19-10-3-9-18/h5-8,14H,2-4,9-12,18H2,1H3,(H,19,22). The number of rotatable bonds is 7. The van der Waals surface area contributed by atoms with E-state index in [0.717, 1.165) is 24.9 Å². The second-order valence-electron chi connectivity index (χ2n) is 5.76. The van der Waals surface area contributed by atoms with Gasteiger partial charge in [0.25, 0.3) is 0 Å². The average molecular weight is 303 g/mol. The van der Waals surface area contributed by atoms with Crippen molar-refractivity contribution < 1.29 is 9.59 Å². The van der Waals surface area contributed by atoms with Gasteiger partial charge in [-0.2, -0.15) is 0 Å². The van der Waals surface area contributed by atoms with Gasteiger partial charge in [-0.3, -0.25) is 9.59 Å². The second kappa shape index (κ2) is 7.94. The Hall–Kier alpha value is -1.88. The topological polar surface area (TPSA) is 75.4 Å². The quantitative estimate of drug-likeness (QED) is 0.749. The van der Waals surface area contributed by atoms with Crippen LogP contribution in [-0.2, 0) is 16.0 Å². The van der Waals surface area contributed by atoms with Crippen molar-refractivity contribution in [3.05, 3.63) is 29.8 Å². The van der Waals surface area contributed by atoms with E-state index in [0.29, 0.717) is 19.6 Å². The molecule has 0 aromatic heterocycles. The van der Waals surface area contributed by atoms with Gasteiger partial charge in [0, 0.05) is 25.2 Å². The minimum absolute atomic E-state index is 0.0159. The summed E-state index contributed by atoms with van der Waals surface area (Å²) in [5.74, 6) is -0.297. The zero-order valence-corrected chi connectivity index (χ0v) is 13.2. The fourth-order valence-corrected chi connectivity index (χ4v) is 2.72. The Labute approximate surface area is 131 Å². The SMILES string of the molecule is CCCc1ccc(N2CC(C(=O)NCCCN)CC2=O)cc1. The van der Waals surface area contributed by atoms with E-state index >= 15 is 0 Å². The smallest absolute Gasteiger partial charge is 0.227 e. The highest BCUT2D eigenvalue weighted by Gasteiger charge is 2.34. The molecule has 0 spiro atoms. The van der Waals surface area contributed by atoms with Crippen LogP contribution >= 0.6 is 0 Å². The van der Waals surface area contributed by atoms with E-state index in [1.165, 1.54) is 5.56 Å². The summed E-state index contributed by atoms with van der Waals surface area (Å²) in [6.45, 7) is 3.73. The van der Waals surface area contributed by atoms with Crippen LogP contribution in [0.5, 0.6) is 0 Å². The minimum Gasteiger partial charge on any atom is -0.356 e. The molecule has 1 heterocycles. The number of aryl methyl sites for hydroxylation is 1. The van der Waals surface area contributed by atoms with Gasteiger partial charge in [0.15, 0.2) is 0 Å². The number of anilines is 1. The molecule has 2 rings (SSSR count). The van der Waals surface area contributed by atoms with E-state index in [-0.39, 0.29) is 24.2 Å². The maximum absolute atomic E-state index is 12.2. The summed E-state index contributed by atoms with van der Waals surface area (Å²) in [6.07, 6.45) is 3.19. The van der Waals surface area contributed by atoms with Crippen molar-refractivity contribution in [2.75, 3.05) is 24.5 Å². The molecule has 0 aliphatic carbocycles. The van der Waals surface area contributed by atoms with Crippen molar-refractivity contribution in [1.82, 2.24) is 5.32 Å². The number of carbonyl (C=O) groups excluding carboxylic acids is 2. The van der Waals surface area contributed by atoms with Gasteiger partial charge in [0.05, 0.1) is 5.92 Å². The molecule has 3 N–H and O–H groups in total. The Morgan fingerprint density at radius 1 is 1.36 bits per heavy atom. The van der Waals surface area contributed by atoms with Crippen LogP contribution in [0.15, 0.2) is 24.3 Å². The lowest BCUT2D eigenvalue weighted by Gasteiger charge is -2.17. The zero-order valence-electron chi connectivity index (χ0n) is 13.2. The molecular weight excluding hydrogens is 278 g/mol. The van der Waals surface area contributed by atoms with Crippen LogP contribution in [-0.4, -0.2) is 31.4 Å². The molecule has 1 aliphatic heterocycles. The van der Waals surface area contributed by atoms with Crippen molar-refractivity contribution in [3.8, 4) is 0 Å². The van der Waals surface area contributed by atoms with E-state index in [1.807, 2.05) is 12.1 Å². The largest absolute Gasteiger partial charge is 0.356 e. The molecule has 0 radical (unpaired) electrons. The van der Waals surface area contributed by atoms with Crippen LogP contribution < -0.4 is 16.0 Å². The van der Waals surface area contributed by atoms with Gasteiger partial charge < -0.3 is 16.0 Å². The Bertz CT molecular complexity index is 513. The molecule has 22 heavy (non-hydrogen) atoms. The maximum atomic E-state index is 12.2. The van der Waals surface area contributed by atoms with Crippen LogP contribution in [0, 0.1) is 5.92 Å². The first-order valence-electron chi connectivity index (χ1n) is 8.02. The molecule has 0 saturated carbocycles. The minimum atomic E-state index is -0.263. The lowest BCUT2D eigenvalue weighted by atomic mass is 10.1. The highest BCUT2D eigenvalue weighted by Crippen LogP contribution is 2.25. The van der Waals surface area contributed by atoms with E-state index in [9.17, 15) is 9.59 Å². The lowest BCUT2D eigenvalue weighted by Crippen LogP contribution is -2.34. The van der Waals surface area contributed by atoms with E-state index < -0.39 is 0 Å². The molecule has 5 heteroatoms. The molecule has 5 nitrogen and oxygen atoms in total. The Morgan fingerprint density at radius 3 is 2.73 bits per heavy atom. The maximum Gasteiger partial charge on any atom is 0.227 e. The molecule has 1 aromatic carbocycles. The fraction of sp³-hybridized carbons (Fsp3) is 0.529. The highest BCUT2D eigenvalue weighted by atomic mass is 16.2.